The van der Waals surface area contributed by atoms with Crippen molar-refractivity contribution in [2.24, 2.45) is 0 Å². The second kappa shape index (κ2) is 8.99. The lowest BCUT2D eigenvalue weighted by Crippen LogP contribution is -2.31. The Morgan fingerprint density at radius 1 is 1.08 bits per heavy atom. The summed E-state index contributed by atoms with van der Waals surface area (Å²) in [5, 5.41) is 9.29. The third kappa shape index (κ3) is 5.85. The predicted molar refractivity (Wildman–Crippen MR) is 90.0 cm³/mol. The van der Waals surface area contributed by atoms with Crippen LogP contribution in [0.25, 0.3) is 0 Å². The van der Waals surface area contributed by atoms with E-state index in [1.165, 1.54) is 13.2 Å². The molecule has 0 spiro atoms. The number of nitrogens with zero attached hydrogens (tertiary/aromatic N) is 1. The molecule has 0 aliphatic carbocycles. The first-order valence-electron chi connectivity index (χ1n) is 8.01. The average Bonchev–Trinajstić information content (AvgIpc) is 2.60. The van der Waals surface area contributed by atoms with Gasteiger partial charge in [0.05, 0.1) is 18.3 Å². The lowest BCUT2D eigenvalue weighted by atomic mass is 10.0. The molecule has 25 heavy (non-hydrogen) atoms. The van der Waals surface area contributed by atoms with E-state index in [2.05, 4.69) is 0 Å². The summed E-state index contributed by atoms with van der Waals surface area (Å²) in [6, 6.07) is 14.9. The van der Waals surface area contributed by atoms with Gasteiger partial charge < -0.3 is 9.84 Å². The zero-order chi connectivity index (χ0) is 18.3. The quantitative estimate of drug-likeness (QED) is 0.782. The van der Waals surface area contributed by atoms with Crippen molar-refractivity contribution < 1.29 is 23.0 Å². The number of hydrogen-bond donors (Lipinski definition) is 1. The first-order chi connectivity index (χ1) is 11.9. The monoisotopic (exact) mass is 353 g/mol. The number of hydrogen-bond acceptors (Lipinski definition) is 3. The van der Waals surface area contributed by atoms with Crippen molar-refractivity contribution in [3.8, 4) is 0 Å². The summed E-state index contributed by atoms with van der Waals surface area (Å²) < 4.78 is 44.2. The molecule has 0 radical (unpaired) electrons. The van der Waals surface area contributed by atoms with Crippen LogP contribution in [0.4, 0.5) is 13.2 Å². The number of rotatable bonds is 8. The first kappa shape index (κ1) is 19.4. The zero-order valence-corrected chi connectivity index (χ0v) is 14.0. The van der Waals surface area contributed by atoms with Crippen LogP contribution in [0.3, 0.4) is 0 Å². The van der Waals surface area contributed by atoms with Gasteiger partial charge in [0.15, 0.2) is 0 Å². The normalized spacial score (nSPS) is 13.2. The molecule has 0 aliphatic rings. The number of aliphatic hydroxyl groups is 1. The van der Waals surface area contributed by atoms with Gasteiger partial charge in [-0.2, -0.15) is 13.2 Å². The highest BCUT2D eigenvalue weighted by atomic mass is 19.4. The van der Waals surface area contributed by atoms with Crippen molar-refractivity contribution in [1.29, 1.82) is 0 Å². The standard InChI is InChI=1S/C19H22F3NO2/c1-25-18(16-8-5-9-17(12-16)19(20,21)22)14-23(10-11-24)13-15-6-3-2-4-7-15/h2-9,12,18,24H,10-11,13-14H2,1H3. The zero-order valence-electron chi connectivity index (χ0n) is 14.0. The third-order valence-corrected chi connectivity index (χ3v) is 3.96. The summed E-state index contributed by atoms with van der Waals surface area (Å²) >= 11 is 0. The van der Waals surface area contributed by atoms with Gasteiger partial charge in [0.25, 0.3) is 0 Å². The van der Waals surface area contributed by atoms with E-state index in [0.29, 0.717) is 25.2 Å². The summed E-state index contributed by atoms with van der Waals surface area (Å²) in [5.74, 6) is 0. The Morgan fingerprint density at radius 3 is 2.40 bits per heavy atom. The van der Waals surface area contributed by atoms with Crippen LogP contribution in [0.5, 0.6) is 0 Å². The lowest BCUT2D eigenvalue weighted by molar-refractivity contribution is -0.137. The van der Waals surface area contributed by atoms with E-state index < -0.39 is 17.8 Å². The maximum absolute atomic E-state index is 12.9. The van der Waals surface area contributed by atoms with Crippen molar-refractivity contribution in [2.45, 2.75) is 18.8 Å². The molecule has 0 aromatic heterocycles. The minimum absolute atomic E-state index is 0.0359. The smallest absolute Gasteiger partial charge is 0.395 e. The molecule has 2 aromatic rings. The van der Waals surface area contributed by atoms with Gasteiger partial charge in [-0.05, 0) is 23.3 Å². The molecule has 0 saturated heterocycles. The number of benzene rings is 2. The van der Waals surface area contributed by atoms with Gasteiger partial charge in [-0.15, -0.1) is 0 Å². The van der Waals surface area contributed by atoms with Crippen molar-refractivity contribution in [1.82, 2.24) is 4.90 Å². The Balaban J connectivity index is 2.15. The van der Waals surface area contributed by atoms with Crippen molar-refractivity contribution in [3.05, 3.63) is 71.3 Å². The van der Waals surface area contributed by atoms with Gasteiger partial charge in [-0.1, -0.05) is 42.5 Å². The Kier molecular flexibility index (Phi) is 6.99. The van der Waals surface area contributed by atoms with E-state index in [-0.39, 0.29) is 6.61 Å². The van der Waals surface area contributed by atoms with Crippen LogP contribution in [-0.2, 0) is 17.5 Å². The van der Waals surface area contributed by atoms with Gasteiger partial charge in [0.2, 0.25) is 0 Å². The summed E-state index contributed by atoms with van der Waals surface area (Å²) in [6.07, 6.45) is -4.90. The number of aliphatic hydroxyl groups excluding tert-OH is 1. The maximum Gasteiger partial charge on any atom is 0.416 e. The molecule has 3 nitrogen and oxygen atoms in total. The average molecular weight is 353 g/mol. The van der Waals surface area contributed by atoms with E-state index >= 15 is 0 Å². The van der Waals surface area contributed by atoms with Crippen molar-refractivity contribution in [2.75, 3.05) is 26.8 Å². The molecule has 0 saturated carbocycles. The minimum Gasteiger partial charge on any atom is -0.395 e. The molecule has 136 valence electrons. The van der Waals surface area contributed by atoms with Gasteiger partial charge in [0.1, 0.15) is 0 Å². The molecule has 1 N–H and O–H groups in total. The fraction of sp³-hybridized carbons (Fsp3) is 0.368. The number of halogens is 3. The highest BCUT2D eigenvalue weighted by molar-refractivity contribution is 5.27. The molecular formula is C19H22F3NO2. The van der Waals surface area contributed by atoms with Crippen LogP contribution in [0.1, 0.15) is 22.8 Å². The van der Waals surface area contributed by atoms with E-state index in [1.807, 2.05) is 35.2 Å². The van der Waals surface area contributed by atoms with E-state index in [9.17, 15) is 18.3 Å². The summed E-state index contributed by atoms with van der Waals surface area (Å²) in [4.78, 5) is 1.96. The third-order valence-electron chi connectivity index (χ3n) is 3.96. The van der Waals surface area contributed by atoms with E-state index in [0.717, 1.165) is 17.7 Å². The molecule has 0 fully saturated rings. The lowest BCUT2D eigenvalue weighted by Gasteiger charge is -2.27. The molecule has 0 bridgehead atoms. The highest BCUT2D eigenvalue weighted by Gasteiger charge is 2.31. The van der Waals surface area contributed by atoms with Crippen LogP contribution < -0.4 is 0 Å². The molecule has 0 amide bonds. The van der Waals surface area contributed by atoms with Crippen LogP contribution >= 0.6 is 0 Å². The second-order valence-electron chi connectivity index (χ2n) is 5.79. The van der Waals surface area contributed by atoms with E-state index in [1.54, 1.807) is 6.07 Å². The first-order valence-corrected chi connectivity index (χ1v) is 8.01. The number of alkyl halides is 3. The molecule has 2 aromatic carbocycles. The molecule has 1 unspecified atom stereocenters. The van der Waals surface area contributed by atoms with Crippen LogP contribution in [0.2, 0.25) is 0 Å². The minimum atomic E-state index is -4.39. The predicted octanol–water partition coefficient (Wildman–Crippen LogP) is 3.89. The van der Waals surface area contributed by atoms with Crippen molar-refractivity contribution in [3.63, 3.8) is 0 Å². The number of ether oxygens (including phenoxy) is 1. The Hall–Kier alpha value is -1.89. The molecule has 0 heterocycles. The molecule has 6 heteroatoms. The SMILES string of the molecule is COC(CN(CCO)Cc1ccccc1)c1cccc(C(F)(F)F)c1. The number of methoxy groups -OCH3 is 1. The van der Waals surface area contributed by atoms with E-state index in [4.69, 9.17) is 4.74 Å². The second-order valence-corrected chi connectivity index (χ2v) is 5.79. The Bertz CT molecular complexity index is 647. The summed E-state index contributed by atoms with van der Waals surface area (Å²) in [5.41, 5.74) is 0.840. The van der Waals surface area contributed by atoms with Crippen LogP contribution in [-0.4, -0.2) is 36.8 Å². The largest absolute Gasteiger partial charge is 0.416 e. The van der Waals surface area contributed by atoms with Gasteiger partial charge in [0, 0.05) is 26.7 Å². The summed E-state index contributed by atoms with van der Waals surface area (Å²) in [6.45, 7) is 1.34. The van der Waals surface area contributed by atoms with Crippen LogP contribution in [0.15, 0.2) is 54.6 Å². The highest BCUT2D eigenvalue weighted by Crippen LogP contribution is 2.31. The summed E-state index contributed by atoms with van der Waals surface area (Å²) in [7, 11) is 1.48. The Morgan fingerprint density at radius 2 is 1.80 bits per heavy atom. The van der Waals surface area contributed by atoms with Gasteiger partial charge in [-0.25, -0.2) is 0 Å². The van der Waals surface area contributed by atoms with Gasteiger partial charge >= 0.3 is 6.18 Å². The molecular weight excluding hydrogens is 331 g/mol. The fourth-order valence-electron chi connectivity index (χ4n) is 2.68. The van der Waals surface area contributed by atoms with Crippen molar-refractivity contribution >= 4 is 0 Å². The fourth-order valence-corrected chi connectivity index (χ4v) is 2.68. The Labute approximate surface area is 145 Å². The molecule has 1 atom stereocenters. The molecule has 0 aliphatic heterocycles. The molecule has 2 rings (SSSR count). The maximum atomic E-state index is 12.9. The topological polar surface area (TPSA) is 32.7 Å². The van der Waals surface area contributed by atoms with Crippen LogP contribution in [0, 0.1) is 0 Å². The van der Waals surface area contributed by atoms with Gasteiger partial charge in [-0.3, -0.25) is 4.90 Å².